The molecule has 25 heavy (non-hydrogen) atoms. The number of aryl methyl sites for hydroxylation is 4. The van der Waals surface area contributed by atoms with Gasteiger partial charge in [0, 0.05) is 37.6 Å². The first kappa shape index (κ1) is 17.3. The van der Waals surface area contributed by atoms with Crippen LogP contribution in [0.15, 0.2) is 36.4 Å². The SMILES string of the molecule is Cc1cc(C)cc(NC(=O)N2CCN(c3cc(C)ccc3C)CC2)c1. The summed E-state index contributed by atoms with van der Waals surface area (Å²) in [6, 6.07) is 12.7. The zero-order chi connectivity index (χ0) is 18.0. The van der Waals surface area contributed by atoms with E-state index in [-0.39, 0.29) is 6.03 Å². The van der Waals surface area contributed by atoms with Crippen molar-refractivity contribution in [2.75, 3.05) is 36.4 Å². The van der Waals surface area contributed by atoms with E-state index in [1.54, 1.807) is 0 Å². The van der Waals surface area contributed by atoms with Gasteiger partial charge in [0.05, 0.1) is 0 Å². The molecule has 4 heteroatoms. The van der Waals surface area contributed by atoms with Gasteiger partial charge in [-0.05, 0) is 68.1 Å². The fourth-order valence-electron chi connectivity index (χ4n) is 3.46. The van der Waals surface area contributed by atoms with Crippen LogP contribution in [0.1, 0.15) is 22.3 Å². The van der Waals surface area contributed by atoms with E-state index in [1.807, 2.05) is 30.9 Å². The molecule has 1 saturated heterocycles. The lowest BCUT2D eigenvalue weighted by Crippen LogP contribution is -2.50. The first-order chi connectivity index (χ1) is 11.9. The summed E-state index contributed by atoms with van der Waals surface area (Å²) in [5.74, 6) is 0. The van der Waals surface area contributed by atoms with Gasteiger partial charge in [0.1, 0.15) is 0 Å². The molecule has 2 aromatic rings. The Kier molecular flexibility index (Phi) is 4.98. The van der Waals surface area contributed by atoms with Crippen LogP contribution in [0.4, 0.5) is 16.2 Å². The molecule has 1 heterocycles. The number of urea groups is 1. The molecule has 0 atom stereocenters. The van der Waals surface area contributed by atoms with Crippen LogP contribution in [-0.2, 0) is 0 Å². The van der Waals surface area contributed by atoms with Gasteiger partial charge < -0.3 is 15.1 Å². The zero-order valence-electron chi connectivity index (χ0n) is 15.6. The summed E-state index contributed by atoms with van der Waals surface area (Å²) < 4.78 is 0. The minimum atomic E-state index is -0.00869. The van der Waals surface area contributed by atoms with E-state index in [4.69, 9.17) is 0 Å². The number of rotatable bonds is 2. The Hall–Kier alpha value is -2.49. The maximum Gasteiger partial charge on any atom is 0.321 e. The molecule has 4 nitrogen and oxygen atoms in total. The van der Waals surface area contributed by atoms with E-state index in [1.165, 1.54) is 16.8 Å². The highest BCUT2D eigenvalue weighted by Gasteiger charge is 2.22. The van der Waals surface area contributed by atoms with Crippen molar-refractivity contribution in [1.29, 1.82) is 0 Å². The Bertz CT molecular complexity index is 756. The lowest BCUT2D eigenvalue weighted by atomic mass is 10.1. The normalized spacial score (nSPS) is 14.6. The van der Waals surface area contributed by atoms with Crippen molar-refractivity contribution >= 4 is 17.4 Å². The topological polar surface area (TPSA) is 35.6 Å². The summed E-state index contributed by atoms with van der Waals surface area (Å²) in [4.78, 5) is 16.8. The van der Waals surface area contributed by atoms with Crippen molar-refractivity contribution in [3.63, 3.8) is 0 Å². The number of hydrogen-bond acceptors (Lipinski definition) is 2. The summed E-state index contributed by atoms with van der Waals surface area (Å²) in [7, 11) is 0. The molecule has 0 saturated carbocycles. The molecular weight excluding hydrogens is 310 g/mol. The third kappa shape index (κ3) is 4.13. The molecule has 0 unspecified atom stereocenters. The lowest BCUT2D eigenvalue weighted by Gasteiger charge is -2.37. The van der Waals surface area contributed by atoms with E-state index in [0.717, 1.165) is 43.0 Å². The van der Waals surface area contributed by atoms with Gasteiger partial charge in [-0.2, -0.15) is 0 Å². The first-order valence-corrected chi connectivity index (χ1v) is 8.89. The number of carbonyl (C=O) groups excluding carboxylic acids is 1. The summed E-state index contributed by atoms with van der Waals surface area (Å²) in [6.07, 6.45) is 0. The molecule has 0 aromatic heterocycles. The van der Waals surface area contributed by atoms with E-state index in [2.05, 4.69) is 48.3 Å². The molecule has 2 aromatic carbocycles. The van der Waals surface area contributed by atoms with Crippen molar-refractivity contribution in [2.24, 2.45) is 0 Å². The van der Waals surface area contributed by atoms with Crippen LogP contribution in [0, 0.1) is 27.7 Å². The van der Waals surface area contributed by atoms with Gasteiger partial charge in [0.2, 0.25) is 0 Å². The standard InChI is InChI=1S/C21H27N3O/c1-15-5-6-18(4)20(14-15)23-7-9-24(10-8-23)21(25)22-19-12-16(2)11-17(3)13-19/h5-6,11-14H,7-10H2,1-4H3,(H,22,25). The van der Waals surface area contributed by atoms with Gasteiger partial charge >= 0.3 is 6.03 Å². The Morgan fingerprint density at radius 1 is 0.840 bits per heavy atom. The van der Waals surface area contributed by atoms with Gasteiger partial charge in [-0.25, -0.2) is 4.79 Å². The van der Waals surface area contributed by atoms with Crippen LogP contribution in [0.25, 0.3) is 0 Å². The summed E-state index contributed by atoms with van der Waals surface area (Å²) in [6.45, 7) is 11.6. The Morgan fingerprint density at radius 2 is 1.48 bits per heavy atom. The number of piperazine rings is 1. The van der Waals surface area contributed by atoms with Crippen molar-refractivity contribution in [2.45, 2.75) is 27.7 Å². The molecule has 1 fully saturated rings. The minimum Gasteiger partial charge on any atom is -0.368 e. The number of carbonyl (C=O) groups is 1. The van der Waals surface area contributed by atoms with E-state index in [0.29, 0.717) is 0 Å². The molecular formula is C21H27N3O. The largest absolute Gasteiger partial charge is 0.368 e. The summed E-state index contributed by atoms with van der Waals surface area (Å²) in [5, 5.41) is 3.04. The number of benzene rings is 2. The predicted molar refractivity (Wildman–Crippen MR) is 105 cm³/mol. The third-order valence-electron chi connectivity index (χ3n) is 4.75. The molecule has 1 N–H and O–H groups in total. The highest BCUT2D eigenvalue weighted by atomic mass is 16.2. The van der Waals surface area contributed by atoms with Gasteiger partial charge in [0.15, 0.2) is 0 Å². The van der Waals surface area contributed by atoms with Crippen LogP contribution in [0.2, 0.25) is 0 Å². The Morgan fingerprint density at radius 3 is 2.12 bits per heavy atom. The highest BCUT2D eigenvalue weighted by Crippen LogP contribution is 2.23. The molecule has 0 aliphatic carbocycles. The monoisotopic (exact) mass is 337 g/mol. The predicted octanol–water partition coefficient (Wildman–Crippen LogP) is 4.27. The molecule has 1 aliphatic heterocycles. The minimum absolute atomic E-state index is 0.00869. The number of nitrogens with zero attached hydrogens (tertiary/aromatic N) is 2. The molecule has 1 aliphatic rings. The number of hydrogen-bond donors (Lipinski definition) is 1. The van der Waals surface area contributed by atoms with Gasteiger partial charge in [-0.1, -0.05) is 18.2 Å². The summed E-state index contributed by atoms with van der Waals surface area (Å²) >= 11 is 0. The molecule has 3 rings (SSSR count). The van der Waals surface area contributed by atoms with Gasteiger partial charge in [-0.3, -0.25) is 0 Å². The third-order valence-corrected chi connectivity index (χ3v) is 4.75. The zero-order valence-corrected chi connectivity index (χ0v) is 15.6. The number of amides is 2. The molecule has 132 valence electrons. The maximum absolute atomic E-state index is 12.6. The second-order valence-corrected chi connectivity index (χ2v) is 7.07. The first-order valence-electron chi connectivity index (χ1n) is 8.89. The van der Waals surface area contributed by atoms with E-state index >= 15 is 0 Å². The van der Waals surface area contributed by atoms with E-state index < -0.39 is 0 Å². The maximum atomic E-state index is 12.6. The fourth-order valence-corrected chi connectivity index (χ4v) is 3.46. The van der Waals surface area contributed by atoms with Crippen molar-refractivity contribution in [1.82, 2.24) is 4.90 Å². The number of nitrogens with one attached hydrogen (secondary N) is 1. The second-order valence-electron chi connectivity index (χ2n) is 7.07. The summed E-state index contributed by atoms with van der Waals surface area (Å²) in [5.41, 5.74) is 7.05. The van der Waals surface area contributed by atoms with Crippen LogP contribution in [-0.4, -0.2) is 37.1 Å². The van der Waals surface area contributed by atoms with Crippen LogP contribution in [0.5, 0.6) is 0 Å². The van der Waals surface area contributed by atoms with Crippen molar-refractivity contribution in [3.05, 3.63) is 58.7 Å². The molecule has 0 bridgehead atoms. The van der Waals surface area contributed by atoms with E-state index in [9.17, 15) is 4.79 Å². The van der Waals surface area contributed by atoms with Crippen molar-refractivity contribution in [3.8, 4) is 0 Å². The van der Waals surface area contributed by atoms with Gasteiger partial charge in [0.25, 0.3) is 0 Å². The fraction of sp³-hybridized carbons (Fsp3) is 0.381. The molecule has 0 spiro atoms. The molecule has 0 radical (unpaired) electrons. The van der Waals surface area contributed by atoms with Crippen LogP contribution in [0.3, 0.4) is 0 Å². The quantitative estimate of drug-likeness (QED) is 0.888. The lowest BCUT2D eigenvalue weighted by molar-refractivity contribution is 0.208. The highest BCUT2D eigenvalue weighted by molar-refractivity contribution is 5.89. The number of anilines is 2. The van der Waals surface area contributed by atoms with Crippen LogP contribution >= 0.6 is 0 Å². The molecule has 2 amide bonds. The average Bonchev–Trinajstić information content (AvgIpc) is 2.56. The average molecular weight is 337 g/mol. The Labute approximate surface area is 150 Å². The smallest absolute Gasteiger partial charge is 0.321 e. The van der Waals surface area contributed by atoms with Gasteiger partial charge in [-0.15, -0.1) is 0 Å². The second kappa shape index (κ2) is 7.18. The van der Waals surface area contributed by atoms with Crippen molar-refractivity contribution < 1.29 is 4.79 Å². The van der Waals surface area contributed by atoms with Crippen LogP contribution < -0.4 is 10.2 Å². The Balaban J connectivity index is 1.61.